The van der Waals surface area contributed by atoms with Gasteiger partial charge in [-0.3, -0.25) is 14.5 Å². The largest absolute Gasteiger partial charge is 0.481 e. The van der Waals surface area contributed by atoms with E-state index in [0.717, 1.165) is 37.9 Å². The lowest BCUT2D eigenvalue weighted by Gasteiger charge is -2.27. The molecule has 2 heterocycles. The molecule has 1 aromatic heterocycles. The molecule has 0 radical (unpaired) electrons. The average molecular weight is 521 g/mol. The third kappa shape index (κ3) is 5.60. The Morgan fingerprint density at radius 3 is 2.44 bits per heavy atom. The Labute approximate surface area is 212 Å². The molecule has 2 aromatic carbocycles. The molecule has 0 unspecified atom stereocenters. The summed E-state index contributed by atoms with van der Waals surface area (Å²) in [5.41, 5.74) is -0.172. The van der Waals surface area contributed by atoms with Crippen molar-refractivity contribution in [1.82, 2.24) is 9.47 Å². The SMILES string of the molecule is Cn1c(=O)c(Cc2cccc(CCC(=O)O)c2Cl)c(C(F)(F)F)c2cc(CN3CCCCC3)ccc21. The van der Waals surface area contributed by atoms with Gasteiger partial charge < -0.3 is 9.67 Å². The summed E-state index contributed by atoms with van der Waals surface area (Å²) in [6.45, 7) is 2.39. The molecule has 9 heteroatoms. The Bertz CT molecular complexity index is 1340. The van der Waals surface area contributed by atoms with E-state index in [0.29, 0.717) is 17.7 Å². The summed E-state index contributed by atoms with van der Waals surface area (Å²) >= 11 is 6.46. The van der Waals surface area contributed by atoms with Crippen LogP contribution in [0.5, 0.6) is 0 Å². The van der Waals surface area contributed by atoms with Gasteiger partial charge in [-0.2, -0.15) is 13.2 Å². The number of halogens is 4. The summed E-state index contributed by atoms with van der Waals surface area (Å²) in [5.74, 6) is -1.00. The van der Waals surface area contributed by atoms with E-state index in [4.69, 9.17) is 16.7 Å². The third-order valence-corrected chi connectivity index (χ3v) is 7.31. The van der Waals surface area contributed by atoms with E-state index in [1.807, 2.05) is 0 Å². The smallest absolute Gasteiger partial charge is 0.417 e. The van der Waals surface area contributed by atoms with Crippen LogP contribution < -0.4 is 5.56 Å². The summed E-state index contributed by atoms with van der Waals surface area (Å²) < 4.78 is 44.8. The van der Waals surface area contributed by atoms with Crippen LogP contribution in [0.3, 0.4) is 0 Å². The minimum Gasteiger partial charge on any atom is -0.481 e. The van der Waals surface area contributed by atoms with Crippen LogP contribution in [0.4, 0.5) is 13.2 Å². The first-order valence-electron chi connectivity index (χ1n) is 12.0. The second kappa shape index (κ2) is 10.6. The number of likely N-dealkylation sites (tertiary alicyclic amines) is 1. The topological polar surface area (TPSA) is 62.5 Å². The molecule has 4 rings (SSSR count). The van der Waals surface area contributed by atoms with Crippen LogP contribution in [-0.4, -0.2) is 33.6 Å². The van der Waals surface area contributed by atoms with Gasteiger partial charge in [-0.25, -0.2) is 0 Å². The minimum atomic E-state index is -4.75. The van der Waals surface area contributed by atoms with Gasteiger partial charge in [0.2, 0.25) is 0 Å². The lowest BCUT2D eigenvalue weighted by molar-refractivity contribution is -0.137. The Hall–Kier alpha value is -2.84. The highest BCUT2D eigenvalue weighted by Crippen LogP contribution is 2.38. The van der Waals surface area contributed by atoms with Gasteiger partial charge in [0.1, 0.15) is 0 Å². The number of carbonyl (C=O) groups is 1. The number of benzene rings is 2. The fourth-order valence-corrected chi connectivity index (χ4v) is 5.30. The fraction of sp³-hybridized carbons (Fsp3) is 0.407. The Morgan fingerprint density at radius 2 is 1.78 bits per heavy atom. The number of nitrogens with zero attached hydrogens (tertiary/aromatic N) is 2. The van der Waals surface area contributed by atoms with Crippen LogP contribution in [0.2, 0.25) is 5.02 Å². The zero-order valence-corrected chi connectivity index (χ0v) is 20.8. The lowest BCUT2D eigenvalue weighted by Crippen LogP contribution is -2.29. The van der Waals surface area contributed by atoms with Crippen molar-refractivity contribution in [1.29, 1.82) is 0 Å². The second-order valence-corrected chi connectivity index (χ2v) is 9.74. The molecule has 0 spiro atoms. The quantitative estimate of drug-likeness (QED) is 0.427. The molecular formula is C27H28ClF3N2O3. The molecule has 0 amide bonds. The van der Waals surface area contributed by atoms with Crippen molar-refractivity contribution in [3.05, 3.63) is 79.6 Å². The Balaban J connectivity index is 1.82. The molecule has 192 valence electrons. The number of aryl methyl sites for hydroxylation is 2. The molecule has 1 saturated heterocycles. The second-order valence-electron chi connectivity index (χ2n) is 9.36. The first-order valence-corrected chi connectivity index (χ1v) is 12.4. The maximum atomic E-state index is 14.5. The highest BCUT2D eigenvalue weighted by atomic mass is 35.5. The van der Waals surface area contributed by atoms with Gasteiger partial charge in [0.15, 0.2) is 0 Å². The van der Waals surface area contributed by atoms with Crippen LogP contribution in [0.25, 0.3) is 10.9 Å². The molecule has 0 aliphatic carbocycles. The maximum Gasteiger partial charge on any atom is 0.417 e. The number of aromatic nitrogens is 1. The molecule has 1 fully saturated rings. The Kier molecular flexibility index (Phi) is 7.76. The first kappa shape index (κ1) is 26.2. The zero-order chi connectivity index (χ0) is 26.0. The number of rotatable bonds is 7. The van der Waals surface area contributed by atoms with Gasteiger partial charge in [-0.15, -0.1) is 0 Å². The fourth-order valence-electron chi connectivity index (χ4n) is 5.01. The minimum absolute atomic E-state index is 0.00716. The lowest BCUT2D eigenvalue weighted by atomic mass is 9.94. The Morgan fingerprint density at radius 1 is 1.08 bits per heavy atom. The highest BCUT2D eigenvalue weighted by Gasteiger charge is 2.38. The summed E-state index contributed by atoms with van der Waals surface area (Å²) in [5, 5.41) is 9.16. The summed E-state index contributed by atoms with van der Waals surface area (Å²) in [6.07, 6.45) is -1.76. The normalized spacial score (nSPS) is 14.9. The van der Waals surface area contributed by atoms with E-state index in [-0.39, 0.29) is 40.8 Å². The molecule has 0 bridgehead atoms. The van der Waals surface area contributed by atoms with E-state index in [2.05, 4.69) is 4.90 Å². The van der Waals surface area contributed by atoms with Crippen molar-refractivity contribution in [2.24, 2.45) is 7.05 Å². The number of piperidine rings is 1. The summed E-state index contributed by atoms with van der Waals surface area (Å²) in [7, 11) is 1.48. The first-order chi connectivity index (χ1) is 17.1. The molecule has 0 atom stereocenters. The zero-order valence-electron chi connectivity index (χ0n) is 20.0. The van der Waals surface area contributed by atoms with Crippen LogP contribution in [0.1, 0.15) is 53.5 Å². The van der Waals surface area contributed by atoms with E-state index >= 15 is 0 Å². The number of carboxylic acid groups (broad SMARTS) is 1. The number of aliphatic carboxylic acids is 1. The van der Waals surface area contributed by atoms with Crippen molar-refractivity contribution in [3.8, 4) is 0 Å². The van der Waals surface area contributed by atoms with Gasteiger partial charge in [-0.05, 0) is 61.2 Å². The number of pyridine rings is 1. The van der Waals surface area contributed by atoms with Gasteiger partial charge in [0, 0.05) is 42.4 Å². The van der Waals surface area contributed by atoms with E-state index in [1.54, 1.807) is 36.4 Å². The molecular weight excluding hydrogens is 493 g/mol. The predicted molar refractivity (Wildman–Crippen MR) is 134 cm³/mol. The molecule has 1 aliphatic rings. The number of fused-ring (bicyclic) bond motifs is 1. The van der Waals surface area contributed by atoms with Gasteiger partial charge in [0.05, 0.1) is 11.1 Å². The standard InChI is InChI=1S/C27H28ClF3N2O3/c1-32-22-10-8-17(16-33-12-3-2-4-13-33)14-20(22)24(27(29,30)31)21(26(32)36)15-19-7-5-6-18(25(19)28)9-11-23(34)35/h5-8,10,14H,2-4,9,11-13,15-16H2,1H3,(H,34,35). The molecule has 5 nitrogen and oxygen atoms in total. The van der Waals surface area contributed by atoms with Crippen LogP contribution in [-0.2, 0) is 37.4 Å². The molecule has 1 aliphatic heterocycles. The maximum absolute atomic E-state index is 14.5. The van der Waals surface area contributed by atoms with Crippen molar-refractivity contribution >= 4 is 28.5 Å². The summed E-state index contributed by atoms with van der Waals surface area (Å²) in [4.78, 5) is 26.4. The monoisotopic (exact) mass is 520 g/mol. The predicted octanol–water partition coefficient (Wildman–Crippen LogP) is 5.80. The van der Waals surface area contributed by atoms with Gasteiger partial charge in [0.25, 0.3) is 5.56 Å². The van der Waals surface area contributed by atoms with Crippen molar-refractivity contribution in [3.63, 3.8) is 0 Å². The number of hydrogen-bond donors (Lipinski definition) is 1. The van der Waals surface area contributed by atoms with Gasteiger partial charge in [-0.1, -0.05) is 42.3 Å². The van der Waals surface area contributed by atoms with E-state index < -0.39 is 23.3 Å². The van der Waals surface area contributed by atoms with Crippen LogP contribution >= 0.6 is 11.6 Å². The number of alkyl halides is 3. The van der Waals surface area contributed by atoms with E-state index in [1.165, 1.54) is 11.6 Å². The van der Waals surface area contributed by atoms with Crippen molar-refractivity contribution in [2.45, 2.75) is 51.2 Å². The van der Waals surface area contributed by atoms with Crippen molar-refractivity contribution < 1.29 is 23.1 Å². The van der Waals surface area contributed by atoms with Crippen molar-refractivity contribution in [2.75, 3.05) is 13.1 Å². The summed E-state index contributed by atoms with van der Waals surface area (Å²) in [6, 6.07) is 9.77. The van der Waals surface area contributed by atoms with Gasteiger partial charge >= 0.3 is 12.1 Å². The van der Waals surface area contributed by atoms with Crippen LogP contribution in [0.15, 0.2) is 41.2 Å². The highest BCUT2D eigenvalue weighted by molar-refractivity contribution is 6.32. The van der Waals surface area contributed by atoms with E-state index in [9.17, 15) is 22.8 Å². The average Bonchev–Trinajstić information content (AvgIpc) is 2.82. The third-order valence-electron chi connectivity index (χ3n) is 6.83. The molecule has 0 saturated carbocycles. The number of carboxylic acids is 1. The molecule has 36 heavy (non-hydrogen) atoms. The number of hydrogen-bond acceptors (Lipinski definition) is 3. The molecule has 3 aromatic rings. The van der Waals surface area contributed by atoms with Crippen LogP contribution in [0, 0.1) is 0 Å². The molecule has 1 N–H and O–H groups in total.